The van der Waals surface area contributed by atoms with E-state index in [1.807, 2.05) is 177 Å². The SMILES string of the molecule is CCCCCCCCS[C@H]1O[C@H](CO[C@H]2O[C@H](COC(=O)c3ccccc3)[C@H](OC(=O)c3ccccc3)[C@H](OC(=O)c3ccccc3)[C@H]2OC(=O)c2ccccc2)[C@@H](O[Si](O[Si](F)(C(C)C)C(C)C)(C(C)C)C(C)C)[C@H](O[C@H]2O[C@H](COCc3ccccc3)[C@H](OCc3ccccc3)[C@H](OCc3ccccc3)[C@H]2OCc2ccccc2)[C@H]1OC(=O)c1ccccc1. The van der Waals surface area contributed by atoms with Crippen LogP contribution in [0.3, 0.4) is 0 Å². The molecule has 21 nitrogen and oxygen atoms in total. The molecule has 0 spiro atoms. The van der Waals surface area contributed by atoms with E-state index < -0.39 is 174 Å². The summed E-state index contributed by atoms with van der Waals surface area (Å²) in [7, 11) is -8.72. The van der Waals surface area contributed by atoms with Crippen molar-refractivity contribution in [1.82, 2.24) is 0 Å². The molecule has 0 unspecified atom stereocenters. The molecule has 12 rings (SSSR count). The fraction of sp³-hybridized carbons (Fsp3) is 0.416. The number of benzene rings is 9. The average molecular weight is 1780 g/mol. The lowest BCUT2D eigenvalue weighted by atomic mass is 9.96. The Kier molecular flexibility index (Phi) is 36.6. The number of unbranched alkanes of at least 4 members (excludes halogenated alkanes) is 5. The highest BCUT2D eigenvalue weighted by atomic mass is 32.2. The van der Waals surface area contributed by atoms with E-state index in [1.165, 1.54) is 48.2 Å². The fourth-order valence-corrected chi connectivity index (χ4v) is 26.9. The lowest BCUT2D eigenvalue weighted by molar-refractivity contribution is -0.356. The van der Waals surface area contributed by atoms with Gasteiger partial charge >= 0.3 is 47.1 Å². The van der Waals surface area contributed by atoms with Gasteiger partial charge < -0.3 is 74.9 Å². The monoisotopic (exact) mass is 1770 g/mol. The van der Waals surface area contributed by atoms with Crippen molar-refractivity contribution in [1.29, 1.82) is 0 Å². The number of ether oxygens (including phenoxy) is 14. The summed E-state index contributed by atoms with van der Waals surface area (Å²) in [6.07, 6.45) is -15.3. The van der Waals surface area contributed by atoms with Gasteiger partial charge in [0.15, 0.2) is 37.0 Å². The first-order valence-electron chi connectivity index (χ1n) is 44.0. The molecular formula is C101H119FO21SSi2. The van der Waals surface area contributed by atoms with Crippen LogP contribution in [0, 0.1) is 0 Å². The maximum absolute atomic E-state index is 19.1. The van der Waals surface area contributed by atoms with Crippen LogP contribution in [0.1, 0.15) is 175 Å². The Hall–Kier alpha value is -9.40. The van der Waals surface area contributed by atoms with Gasteiger partial charge in [0.1, 0.15) is 60.9 Å². The Labute approximate surface area is 746 Å². The molecule has 0 aliphatic carbocycles. The molecule has 126 heavy (non-hydrogen) atoms. The van der Waals surface area contributed by atoms with Gasteiger partial charge in [-0.15, -0.1) is 11.8 Å². The molecular weight excluding hydrogens is 1660 g/mol. The minimum atomic E-state index is -4.42. The minimum absolute atomic E-state index is 0.0101. The van der Waals surface area contributed by atoms with Crippen LogP contribution >= 0.6 is 11.8 Å². The largest absolute Gasteiger partial charge is 0.459 e. The molecule has 9 aromatic carbocycles. The number of rotatable bonds is 45. The Bertz CT molecular complexity index is 4720. The smallest absolute Gasteiger partial charge is 0.380 e. The van der Waals surface area contributed by atoms with Crippen molar-refractivity contribution < 1.29 is 103 Å². The Morgan fingerprint density at radius 3 is 1.15 bits per heavy atom. The standard InChI is InChI=1S/C101H119FO21SSi2/c1-10-11-12-13-14-42-61-124-101-93(120-98(107)81-59-40-23-41-60-81)90(121-100-91(111-65-76-49-30-18-31-50-76)88(110-64-75-47-28-17-29-48-75)85(109-63-74-45-26-16-27-46-74)82(115-100)66-108-62-73-43-24-15-25-44-73)87(122-126(71(6)7,72(8)9)123-125(102,69(2)3)70(4)5)84(116-101)68-113-99-92(119-97(106)80-57-38-22-39-58-80)89(118-96(105)79-55-36-21-37-56-79)86(117-95(104)78-53-34-20-35-54-78)83(114-99)67-112-94(103)77-51-32-19-33-52-77/h15-41,43-60,69-72,82-93,99-101H,10-14,42,61-68H2,1-9H3/t82-,83-,84-,85+,86+,87-,88+,89+,90+,91-,92-,93-,99+,100-,101-/m1/s1. The van der Waals surface area contributed by atoms with Gasteiger partial charge in [0.2, 0.25) is 0 Å². The fourth-order valence-electron chi connectivity index (χ4n) is 15.8. The van der Waals surface area contributed by atoms with Crippen LogP contribution in [0.2, 0.25) is 22.2 Å². The summed E-state index contributed by atoms with van der Waals surface area (Å²) in [6, 6.07) is 79.9. The molecule has 0 aromatic heterocycles. The van der Waals surface area contributed by atoms with Gasteiger partial charge in [-0.1, -0.05) is 307 Å². The average Bonchev–Trinajstić information content (AvgIpc) is 0.742. The summed E-state index contributed by atoms with van der Waals surface area (Å²) in [4.78, 5) is 75.3. The van der Waals surface area contributed by atoms with Crippen molar-refractivity contribution in [3.05, 3.63) is 323 Å². The second kappa shape index (κ2) is 48.1. The molecule has 9 aromatic rings. The second-order valence-corrected chi connectivity index (χ2v) is 42.8. The molecule has 0 bridgehead atoms. The predicted molar refractivity (Wildman–Crippen MR) is 482 cm³/mol. The predicted octanol–water partition coefficient (Wildman–Crippen LogP) is 20.3. The number of carbonyl (C=O) groups is 5. The van der Waals surface area contributed by atoms with Gasteiger partial charge in [0.05, 0.1) is 67.5 Å². The van der Waals surface area contributed by atoms with Gasteiger partial charge in [0, 0.05) is 11.1 Å². The quantitative estimate of drug-likeness (QED) is 0.0113. The maximum atomic E-state index is 19.1. The molecule has 0 N–H and O–H groups in total. The van der Waals surface area contributed by atoms with E-state index in [2.05, 4.69) is 6.92 Å². The van der Waals surface area contributed by atoms with Crippen molar-refractivity contribution >= 4 is 58.8 Å². The van der Waals surface area contributed by atoms with Gasteiger partial charge in [-0.3, -0.25) is 4.11 Å². The number of hydrogen-bond acceptors (Lipinski definition) is 22. The molecule has 0 saturated carbocycles. The molecule has 25 heteroatoms. The van der Waals surface area contributed by atoms with Crippen molar-refractivity contribution in [3.63, 3.8) is 0 Å². The molecule has 3 saturated heterocycles. The summed E-state index contributed by atoms with van der Waals surface area (Å²) < 4.78 is 135. The Balaban J connectivity index is 1.07. The van der Waals surface area contributed by atoms with Crippen LogP contribution in [0.4, 0.5) is 4.11 Å². The van der Waals surface area contributed by atoms with Gasteiger partial charge in [0.25, 0.3) is 0 Å². The molecule has 0 radical (unpaired) electrons. The highest BCUT2D eigenvalue weighted by Crippen LogP contribution is 2.48. The van der Waals surface area contributed by atoms with Crippen LogP contribution in [-0.4, -0.2) is 164 Å². The first-order chi connectivity index (χ1) is 61.2. The van der Waals surface area contributed by atoms with E-state index in [0.717, 1.165) is 54.4 Å². The van der Waals surface area contributed by atoms with Crippen molar-refractivity contribution in [3.8, 4) is 0 Å². The lowest BCUT2D eigenvalue weighted by Crippen LogP contribution is -2.69. The minimum Gasteiger partial charge on any atom is -0.459 e. The number of esters is 5. The number of thioether (sulfide) groups is 1. The third kappa shape index (κ3) is 26.2. The first kappa shape index (κ1) is 95.7. The third-order valence-electron chi connectivity index (χ3n) is 22.7. The number of carbonyl (C=O) groups excluding carboxylic acids is 5. The molecule has 0 amide bonds. The van der Waals surface area contributed by atoms with E-state index in [0.29, 0.717) is 12.2 Å². The van der Waals surface area contributed by atoms with Crippen molar-refractivity contribution in [2.45, 2.75) is 241 Å². The molecule has 670 valence electrons. The summed E-state index contributed by atoms with van der Waals surface area (Å²) in [5.74, 6) is -3.86. The first-order valence-corrected chi connectivity index (χ1v) is 48.9. The van der Waals surface area contributed by atoms with Crippen molar-refractivity contribution in [2.75, 3.05) is 25.6 Å². The topological polar surface area (TPSA) is 233 Å². The zero-order chi connectivity index (χ0) is 88.8. The van der Waals surface area contributed by atoms with Crippen LogP contribution in [-0.2, 0) is 101 Å². The zero-order valence-corrected chi connectivity index (χ0v) is 76.0. The van der Waals surface area contributed by atoms with Gasteiger partial charge in [-0.25, -0.2) is 24.0 Å². The molecule has 3 heterocycles. The Morgan fingerprint density at radius 1 is 0.341 bits per heavy atom. The lowest BCUT2D eigenvalue weighted by Gasteiger charge is -2.53. The van der Waals surface area contributed by atoms with E-state index >= 15 is 18.5 Å². The van der Waals surface area contributed by atoms with Crippen LogP contribution in [0.5, 0.6) is 0 Å². The maximum Gasteiger partial charge on any atom is 0.380 e. The normalized spacial score (nSPS) is 22.7. The van der Waals surface area contributed by atoms with Gasteiger partial charge in [-0.05, 0) is 106 Å². The van der Waals surface area contributed by atoms with E-state index in [9.17, 15) is 9.59 Å². The molecule has 3 aliphatic rings. The highest BCUT2D eigenvalue weighted by molar-refractivity contribution is 7.99. The third-order valence-corrected chi connectivity index (χ3v) is 33.5. The summed E-state index contributed by atoms with van der Waals surface area (Å²) in [6.45, 7) is 16.2. The molecule has 3 fully saturated rings. The van der Waals surface area contributed by atoms with E-state index in [4.69, 9.17) is 74.9 Å². The molecule has 15 atom stereocenters. The van der Waals surface area contributed by atoms with Crippen LogP contribution < -0.4 is 0 Å². The zero-order valence-electron chi connectivity index (χ0n) is 73.2. The summed E-state index contributed by atoms with van der Waals surface area (Å²) in [5.41, 5.74) is 0.443. The Morgan fingerprint density at radius 2 is 0.706 bits per heavy atom. The molecule has 3 aliphatic heterocycles. The second-order valence-electron chi connectivity index (χ2n) is 33.1. The van der Waals surface area contributed by atoms with Crippen LogP contribution in [0.15, 0.2) is 273 Å². The van der Waals surface area contributed by atoms with Gasteiger partial charge in [-0.2, -0.15) is 0 Å². The van der Waals surface area contributed by atoms with Crippen LogP contribution in [0.25, 0.3) is 0 Å². The summed E-state index contributed by atoms with van der Waals surface area (Å²) >= 11 is 1.39. The number of hydrogen-bond donors (Lipinski definition) is 0. The van der Waals surface area contributed by atoms with E-state index in [1.54, 1.807) is 115 Å². The van der Waals surface area contributed by atoms with E-state index in [-0.39, 0.29) is 60.9 Å². The highest BCUT2D eigenvalue weighted by Gasteiger charge is 2.63. The van der Waals surface area contributed by atoms with Crippen molar-refractivity contribution in [2.24, 2.45) is 0 Å². The summed E-state index contributed by atoms with van der Waals surface area (Å²) in [5, 5.41) is 0. The number of halogens is 1.